The second kappa shape index (κ2) is 45.0. The first-order chi connectivity index (χ1) is 35.8. The third-order valence-electron chi connectivity index (χ3n) is 9.14. The Morgan fingerprint density at radius 2 is 1.03 bits per heavy atom. The molecule has 3 aromatic rings. The molecule has 15 nitrogen and oxygen atoms in total. The first-order valence-electron chi connectivity index (χ1n) is 24.4. The number of hydrogen-bond donors (Lipinski definition) is 0. The average Bonchev–Trinajstić information content (AvgIpc) is 3.41. The van der Waals surface area contributed by atoms with Gasteiger partial charge in [0.25, 0.3) is 0 Å². The number of aliphatic imine (C=N–C) groups is 1. The highest BCUT2D eigenvalue weighted by Gasteiger charge is 2.12. The maximum atomic E-state index is 12.7. The molecule has 0 saturated heterocycles. The molecule has 0 unspecified atom stereocenters. The highest BCUT2D eigenvalue weighted by molar-refractivity contribution is 5.91. The minimum absolute atomic E-state index is 0.0185. The van der Waals surface area contributed by atoms with E-state index in [1.54, 1.807) is 67.1 Å². The smallest absolute Gasteiger partial charge is 0.343 e. The lowest BCUT2D eigenvalue weighted by molar-refractivity contribution is -0.138. The van der Waals surface area contributed by atoms with Crippen LogP contribution in [0.4, 0.5) is 5.69 Å². The van der Waals surface area contributed by atoms with Gasteiger partial charge >= 0.3 is 23.9 Å². The molecule has 0 amide bonds. The van der Waals surface area contributed by atoms with Gasteiger partial charge in [-0.05, 0) is 144 Å². The number of rotatable bonds is 33. The number of carbonyl (C=O) groups is 5. The van der Waals surface area contributed by atoms with Gasteiger partial charge in [0.05, 0.1) is 70.9 Å². The molecule has 74 heavy (non-hydrogen) atoms. The molecule has 0 spiro atoms. The van der Waals surface area contributed by atoms with Gasteiger partial charge in [-0.15, -0.1) is 0 Å². The highest BCUT2D eigenvalue weighted by atomic mass is 16.5. The first kappa shape index (κ1) is 66.1. The van der Waals surface area contributed by atoms with E-state index in [2.05, 4.69) is 44.8 Å². The molecule has 0 heterocycles. The van der Waals surface area contributed by atoms with Gasteiger partial charge in [0.15, 0.2) is 5.78 Å². The third-order valence-corrected chi connectivity index (χ3v) is 9.14. The molecule has 0 saturated carbocycles. The second-order valence-electron chi connectivity index (χ2n) is 15.2. The van der Waals surface area contributed by atoms with Gasteiger partial charge in [0.2, 0.25) is 0 Å². The molecule has 3 aromatic carbocycles. The molecular formula is C59H77NO14. The Morgan fingerprint density at radius 3 is 1.47 bits per heavy atom. The second-order valence-corrected chi connectivity index (χ2v) is 15.2. The summed E-state index contributed by atoms with van der Waals surface area (Å²) in [7, 11) is 1.52. The zero-order chi connectivity index (χ0) is 55.0. The zero-order valence-corrected chi connectivity index (χ0v) is 44.1. The Balaban J connectivity index is 0.00000149. The van der Waals surface area contributed by atoms with E-state index in [0.717, 1.165) is 61.2 Å². The summed E-state index contributed by atoms with van der Waals surface area (Å²) in [4.78, 5) is 59.6. The van der Waals surface area contributed by atoms with E-state index in [1.807, 2.05) is 44.2 Å². The lowest BCUT2D eigenvalue weighted by Gasteiger charge is -2.10. The number of nitrogens with zero attached hydrogens (tertiary/aromatic N) is 1. The Bertz CT molecular complexity index is 2210. The number of esters is 4. The number of ketones is 1. The molecule has 0 bridgehead atoms. The van der Waals surface area contributed by atoms with Crippen LogP contribution in [0.25, 0.3) is 0 Å². The molecular weight excluding hydrogens is 947 g/mol. The van der Waals surface area contributed by atoms with Crippen LogP contribution in [0, 0.1) is 0 Å². The topological polar surface area (TPSA) is 181 Å². The number of methoxy groups -OCH3 is 1. The van der Waals surface area contributed by atoms with Crippen molar-refractivity contribution < 1.29 is 66.6 Å². The third kappa shape index (κ3) is 36.1. The summed E-state index contributed by atoms with van der Waals surface area (Å²) in [5.41, 5.74) is 1.79. The molecule has 3 rings (SSSR count). The number of ether oxygens (including phenoxy) is 9. The summed E-state index contributed by atoms with van der Waals surface area (Å²) in [5.74, 6) is 1.18. The standard InChI is InChI=1S/C35H37NO9.C12H18O3.C8H16O.C4H6O/c1-4-33(37)43-22-8-6-20-41-28-14-10-26(11-15-28)25-36-31-19-18-30(24-32(31)40-3)45-35(39)27-12-16-29(17-13-27)42-21-7-9-23-44-34(38)5-2;1-4-8-11(3)14-9-6-7-10-15-12(13)5-2;1-3-5-6-8-9-7-4-2;1-3-4(2)5/h4-5,10-19,24-25H,1-2,6-9,20-23H2,3H3;4-5,8H,1-2,6-7,9-10H2,3H3;4,7H,3,5-6,8H2,1-2H3;3H,1H2,2H3/b;11-8+;7-4+;. The van der Waals surface area contributed by atoms with Crippen molar-refractivity contribution in [2.24, 2.45) is 4.99 Å². The molecule has 0 radical (unpaired) electrons. The van der Waals surface area contributed by atoms with Crippen LogP contribution in [0.5, 0.6) is 23.0 Å². The molecule has 0 atom stereocenters. The van der Waals surface area contributed by atoms with E-state index in [4.69, 9.17) is 42.6 Å². The fraction of sp³-hybridized carbons (Fsp3) is 0.356. The van der Waals surface area contributed by atoms with Crippen LogP contribution in [0.2, 0.25) is 0 Å². The Hall–Kier alpha value is -7.94. The fourth-order valence-electron chi connectivity index (χ4n) is 5.21. The summed E-state index contributed by atoms with van der Waals surface area (Å²) >= 11 is 0. The van der Waals surface area contributed by atoms with E-state index in [-0.39, 0.29) is 11.8 Å². The molecule has 0 aliphatic heterocycles. The Kier molecular flexibility index (Phi) is 40.1. The molecule has 0 fully saturated rings. The number of carbonyl (C=O) groups excluding carboxylic acids is 5. The maximum absolute atomic E-state index is 12.7. The van der Waals surface area contributed by atoms with Crippen LogP contribution in [0.15, 0.2) is 159 Å². The largest absolute Gasteiger partial charge is 0.502 e. The van der Waals surface area contributed by atoms with Crippen molar-refractivity contribution in [3.63, 3.8) is 0 Å². The summed E-state index contributed by atoms with van der Waals surface area (Å²) in [5, 5.41) is 0. The van der Waals surface area contributed by atoms with Crippen molar-refractivity contribution in [2.45, 2.75) is 85.5 Å². The van der Waals surface area contributed by atoms with Crippen molar-refractivity contribution in [3.05, 3.63) is 165 Å². The van der Waals surface area contributed by atoms with Crippen molar-refractivity contribution >= 4 is 41.6 Å². The van der Waals surface area contributed by atoms with E-state index >= 15 is 0 Å². The van der Waals surface area contributed by atoms with E-state index in [1.165, 1.54) is 39.4 Å². The monoisotopic (exact) mass is 1020 g/mol. The number of unbranched alkanes of at least 4 members (excludes halogenated alkanes) is 5. The summed E-state index contributed by atoms with van der Waals surface area (Å²) in [6, 6.07) is 19.1. The van der Waals surface area contributed by atoms with Gasteiger partial charge in [-0.2, -0.15) is 0 Å². The zero-order valence-electron chi connectivity index (χ0n) is 44.1. The number of hydrogen-bond acceptors (Lipinski definition) is 15. The Morgan fingerprint density at radius 1 is 0.568 bits per heavy atom. The molecule has 0 aliphatic rings. The minimum atomic E-state index is -0.526. The predicted octanol–water partition coefficient (Wildman–Crippen LogP) is 12.5. The molecule has 15 heteroatoms. The molecule has 0 N–H and O–H groups in total. The lowest BCUT2D eigenvalue weighted by Crippen LogP contribution is -2.08. The summed E-state index contributed by atoms with van der Waals surface area (Å²) in [6.07, 6.45) is 21.7. The van der Waals surface area contributed by atoms with E-state index < -0.39 is 17.9 Å². The Labute approximate surface area is 438 Å². The average molecular weight is 1020 g/mol. The van der Waals surface area contributed by atoms with Gasteiger partial charge < -0.3 is 42.6 Å². The van der Waals surface area contributed by atoms with Crippen molar-refractivity contribution in [2.75, 3.05) is 53.4 Å². The van der Waals surface area contributed by atoms with Crippen molar-refractivity contribution in [3.8, 4) is 23.0 Å². The minimum Gasteiger partial charge on any atom is -0.502 e. The van der Waals surface area contributed by atoms with Crippen LogP contribution in [0.3, 0.4) is 0 Å². The quantitative estimate of drug-likeness (QED) is 0.00821. The molecule has 402 valence electrons. The molecule has 0 aromatic heterocycles. The van der Waals surface area contributed by atoms with Crippen LogP contribution < -0.4 is 18.9 Å². The van der Waals surface area contributed by atoms with Crippen LogP contribution in [-0.4, -0.2) is 89.2 Å². The predicted molar refractivity (Wildman–Crippen MR) is 291 cm³/mol. The van der Waals surface area contributed by atoms with Gasteiger partial charge in [0, 0.05) is 30.5 Å². The van der Waals surface area contributed by atoms with Crippen LogP contribution >= 0.6 is 0 Å². The number of allylic oxidation sites excluding steroid dienone is 5. The summed E-state index contributed by atoms with van der Waals surface area (Å²) in [6.45, 7) is 27.8. The van der Waals surface area contributed by atoms with Gasteiger partial charge in [-0.1, -0.05) is 64.8 Å². The summed E-state index contributed by atoms with van der Waals surface area (Å²) < 4.78 is 47.5. The van der Waals surface area contributed by atoms with Gasteiger partial charge in [0.1, 0.15) is 28.7 Å². The van der Waals surface area contributed by atoms with Crippen LogP contribution in [-0.2, 0) is 42.9 Å². The van der Waals surface area contributed by atoms with Gasteiger partial charge in [-0.3, -0.25) is 9.79 Å². The van der Waals surface area contributed by atoms with E-state index in [9.17, 15) is 24.0 Å². The van der Waals surface area contributed by atoms with Gasteiger partial charge in [-0.25, -0.2) is 19.2 Å². The number of benzene rings is 3. The lowest BCUT2D eigenvalue weighted by atomic mass is 10.2. The normalized spacial score (nSPS) is 10.3. The van der Waals surface area contributed by atoms with E-state index in [0.29, 0.717) is 87.4 Å². The first-order valence-corrected chi connectivity index (χ1v) is 24.4. The van der Waals surface area contributed by atoms with Crippen molar-refractivity contribution in [1.82, 2.24) is 0 Å². The SMILES string of the molecule is C/C=C/OCCCCC.C=C/C=C(\C)OCCCCOC(=O)C=C.C=CC(=O)OCCCCOc1ccc(C=Nc2ccc(OC(=O)c3ccc(OCCCCOC(=O)C=C)cc3)cc2OC)cc1.C=CC(C)=O. The highest BCUT2D eigenvalue weighted by Crippen LogP contribution is 2.32. The maximum Gasteiger partial charge on any atom is 0.343 e. The fourth-order valence-corrected chi connectivity index (χ4v) is 5.21. The van der Waals surface area contributed by atoms with Crippen LogP contribution in [0.1, 0.15) is 101 Å². The van der Waals surface area contributed by atoms with Crippen molar-refractivity contribution in [1.29, 1.82) is 0 Å². The molecule has 0 aliphatic carbocycles.